The summed E-state index contributed by atoms with van der Waals surface area (Å²) in [6.45, 7) is 21.8. The van der Waals surface area contributed by atoms with Crippen molar-refractivity contribution in [1.29, 1.82) is 0 Å². The quantitative estimate of drug-likeness (QED) is 0.105. The molecule has 464 valence electrons. The SMILES string of the molecule is C[C@H](CCC(=O)O[C@@H]1CC[C@@]2(C)[C@@H](C1)C[C@@H](OC(=O)CC[C@@H](C)[C@H]1CCC3C4CCC5C[C@H](O)CC[C@]5(C)C4CC[C@@]31C)[C@@H]1[C@@H]2C[C@H](O)[C@]2(C)[C@@H]([C@H](C)CCC(=O)O)CC[C@@H]12)[C@H]1CCC2C3CC[C@@H]4C[C@H](O)CC[C@]4(C)C3C[C@H](O)[C@@]21C. The molecular weight excluding hydrogens is 1020 g/mol. The van der Waals surface area contributed by atoms with Gasteiger partial charge in [0, 0.05) is 25.2 Å². The number of aliphatic hydroxyl groups is 4. The zero-order valence-corrected chi connectivity index (χ0v) is 52.8. The molecule has 0 radical (unpaired) electrons. The molecule has 0 aromatic rings. The summed E-state index contributed by atoms with van der Waals surface area (Å²) < 4.78 is 13.5. The third-order valence-electron chi connectivity index (χ3n) is 31.4. The zero-order valence-electron chi connectivity index (χ0n) is 52.8. The minimum atomic E-state index is -0.768. The van der Waals surface area contributed by atoms with Crippen LogP contribution in [0.2, 0.25) is 0 Å². The van der Waals surface area contributed by atoms with E-state index >= 15 is 0 Å². The van der Waals surface area contributed by atoms with Crippen LogP contribution in [0.25, 0.3) is 0 Å². The van der Waals surface area contributed by atoms with Crippen molar-refractivity contribution in [1.82, 2.24) is 0 Å². The van der Waals surface area contributed by atoms with Crippen LogP contribution in [0.5, 0.6) is 0 Å². The molecule has 0 aromatic heterocycles. The van der Waals surface area contributed by atoms with E-state index in [9.17, 15) is 39.9 Å². The molecule has 0 aromatic carbocycles. The number of hydrogen-bond acceptors (Lipinski definition) is 9. The summed E-state index contributed by atoms with van der Waals surface area (Å²) in [5, 5.41) is 55.7. The molecule has 0 bridgehead atoms. The van der Waals surface area contributed by atoms with E-state index in [1.165, 1.54) is 57.8 Å². The number of carboxylic acid groups (broad SMARTS) is 1. The second-order valence-corrected chi connectivity index (χ2v) is 34.1. The van der Waals surface area contributed by atoms with Crippen molar-refractivity contribution in [2.75, 3.05) is 0 Å². The predicted molar refractivity (Wildman–Crippen MR) is 318 cm³/mol. The number of aliphatic carboxylic acids is 1. The number of rotatable bonds is 14. The number of fused-ring (bicyclic) bond motifs is 15. The molecule has 82 heavy (non-hydrogen) atoms. The van der Waals surface area contributed by atoms with Crippen molar-refractivity contribution >= 4 is 17.9 Å². The molecule has 7 unspecified atom stereocenters. The van der Waals surface area contributed by atoms with Gasteiger partial charge in [-0.05, 0) is 306 Å². The fourth-order valence-corrected chi connectivity index (χ4v) is 26.8. The number of ether oxygens (including phenoxy) is 2. The fourth-order valence-electron chi connectivity index (χ4n) is 26.8. The first-order valence-corrected chi connectivity index (χ1v) is 35.2. The number of carbonyl (C=O) groups is 3. The largest absolute Gasteiger partial charge is 0.481 e. The van der Waals surface area contributed by atoms with Crippen molar-refractivity contribution in [3.05, 3.63) is 0 Å². The Kier molecular flexibility index (Phi) is 16.5. The third-order valence-corrected chi connectivity index (χ3v) is 31.4. The number of carbonyl (C=O) groups excluding carboxylic acids is 2. The van der Waals surface area contributed by atoms with Gasteiger partial charge in [-0.3, -0.25) is 14.4 Å². The van der Waals surface area contributed by atoms with Gasteiger partial charge in [0.05, 0.1) is 24.4 Å². The smallest absolute Gasteiger partial charge is 0.306 e. The average Bonchev–Trinajstić information content (AvgIpc) is 2.06. The summed E-state index contributed by atoms with van der Waals surface area (Å²) in [6, 6.07) is 0. The van der Waals surface area contributed by atoms with Crippen LogP contribution < -0.4 is 0 Å². The van der Waals surface area contributed by atoms with Gasteiger partial charge in [0.15, 0.2) is 0 Å². The molecule has 0 saturated heterocycles. The van der Waals surface area contributed by atoms with Crippen LogP contribution >= 0.6 is 0 Å². The highest BCUT2D eigenvalue weighted by atomic mass is 16.5. The monoisotopic (exact) mass is 1140 g/mol. The van der Waals surface area contributed by atoms with E-state index in [4.69, 9.17) is 9.47 Å². The standard InChI is InChI=1S/C72H116O10/c1-40(51-17-20-54-49-15-13-43-34-46(73)26-30-67(43,4)55(49)29-33-70(51,54)7)11-25-65(80)82-60-37-45-36-48(28-32-69(45,6)59-39-62(76)72(9)53(19-22-57(72)66(59)60)41(2)10-23-63(77)78)81-64(79)24-12-42(3)52-18-21-56-50-16-14-44-35-47(74)27-31-68(44,5)58(50)38-61(75)71(52,56)8/h40-62,66,73-76H,10-39H2,1-9H3,(H,77,78)/t40-,41-,42-,43?,44-,45+,46-,47-,48-,49?,50?,51-,52-,53-,54?,55?,56?,57+,58?,59+,60-,61+,62+,66+,67+,68+,69+,70-,71-,72-/m1/s1. The van der Waals surface area contributed by atoms with Gasteiger partial charge in [-0.15, -0.1) is 0 Å². The lowest BCUT2D eigenvalue weighted by atomic mass is 9.43. The van der Waals surface area contributed by atoms with Crippen molar-refractivity contribution < 1.29 is 49.4 Å². The van der Waals surface area contributed by atoms with Crippen molar-refractivity contribution in [3.8, 4) is 0 Å². The molecule has 0 heterocycles. The van der Waals surface area contributed by atoms with Crippen LogP contribution in [0.15, 0.2) is 0 Å². The van der Waals surface area contributed by atoms with Crippen LogP contribution in [-0.4, -0.2) is 80.1 Å². The molecule has 12 saturated carbocycles. The van der Waals surface area contributed by atoms with E-state index in [0.29, 0.717) is 89.8 Å². The summed E-state index contributed by atoms with van der Waals surface area (Å²) in [7, 11) is 0. The molecule has 12 fully saturated rings. The molecule has 12 aliphatic carbocycles. The maximum absolute atomic E-state index is 14.7. The summed E-state index contributed by atoms with van der Waals surface area (Å²) in [6.07, 6.45) is 26.7. The highest BCUT2D eigenvalue weighted by Gasteiger charge is 2.68. The van der Waals surface area contributed by atoms with Gasteiger partial charge < -0.3 is 35.0 Å². The molecule has 0 spiro atoms. The number of hydrogen-bond donors (Lipinski definition) is 5. The minimum Gasteiger partial charge on any atom is -0.481 e. The second kappa shape index (κ2) is 22.4. The number of carboxylic acids is 1. The molecule has 10 heteroatoms. The van der Waals surface area contributed by atoms with Gasteiger partial charge in [0.25, 0.3) is 0 Å². The Hall–Kier alpha value is -1.75. The molecule has 0 aliphatic heterocycles. The molecule has 10 nitrogen and oxygen atoms in total. The molecule has 12 aliphatic rings. The normalized spacial score (nSPS) is 53.0. The number of aliphatic hydroxyl groups excluding tert-OH is 4. The van der Waals surface area contributed by atoms with E-state index in [1.54, 1.807) is 0 Å². The van der Waals surface area contributed by atoms with Gasteiger partial charge in [-0.1, -0.05) is 62.3 Å². The van der Waals surface area contributed by atoms with E-state index in [1.807, 2.05) is 0 Å². The first kappa shape index (κ1) is 60.5. The maximum atomic E-state index is 14.7. The van der Waals surface area contributed by atoms with Gasteiger partial charge in [-0.2, -0.15) is 0 Å². The average molecular weight is 1140 g/mol. The Labute approximate surface area is 495 Å². The molecule has 30 atom stereocenters. The third kappa shape index (κ3) is 9.80. The van der Waals surface area contributed by atoms with Crippen molar-refractivity contribution in [2.24, 2.45) is 139 Å². The first-order valence-electron chi connectivity index (χ1n) is 35.2. The highest BCUT2D eigenvalue weighted by molar-refractivity contribution is 5.70. The Bertz CT molecular complexity index is 2340. The molecular formula is C72H116O10. The lowest BCUT2D eigenvalue weighted by Gasteiger charge is -2.64. The molecule has 5 N–H and O–H groups in total. The first-order chi connectivity index (χ1) is 38.8. The second-order valence-electron chi connectivity index (χ2n) is 34.1. The van der Waals surface area contributed by atoms with Gasteiger partial charge in [0.2, 0.25) is 0 Å². The maximum Gasteiger partial charge on any atom is 0.306 e. The molecule has 12 rings (SSSR count). The predicted octanol–water partition coefficient (Wildman–Crippen LogP) is 14.4. The summed E-state index contributed by atoms with van der Waals surface area (Å²) in [5.74, 6) is 6.95. The summed E-state index contributed by atoms with van der Waals surface area (Å²) in [4.78, 5) is 40.6. The van der Waals surface area contributed by atoms with Crippen LogP contribution in [0.3, 0.4) is 0 Å². The van der Waals surface area contributed by atoms with E-state index < -0.39 is 12.1 Å². The molecule has 0 amide bonds. The van der Waals surface area contributed by atoms with Crippen molar-refractivity contribution in [3.63, 3.8) is 0 Å². The zero-order chi connectivity index (χ0) is 58.2. The van der Waals surface area contributed by atoms with Crippen LogP contribution in [0.1, 0.15) is 255 Å². The highest BCUT2D eigenvalue weighted by Crippen LogP contribution is 2.72. The Morgan fingerprint density at radius 3 is 1.51 bits per heavy atom. The van der Waals surface area contributed by atoms with Crippen molar-refractivity contribution in [2.45, 2.75) is 292 Å². The summed E-state index contributed by atoms with van der Waals surface area (Å²) >= 11 is 0. The van der Waals surface area contributed by atoms with Gasteiger partial charge >= 0.3 is 17.9 Å². The Balaban J connectivity index is 0.700. The van der Waals surface area contributed by atoms with Crippen LogP contribution in [0, 0.1) is 139 Å². The van der Waals surface area contributed by atoms with Gasteiger partial charge in [-0.25, -0.2) is 0 Å². The van der Waals surface area contributed by atoms with E-state index in [0.717, 1.165) is 120 Å². The van der Waals surface area contributed by atoms with Crippen LogP contribution in [0.4, 0.5) is 0 Å². The Morgan fingerprint density at radius 2 is 0.890 bits per heavy atom. The lowest BCUT2D eigenvalue weighted by Crippen LogP contribution is -2.63. The van der Waals surface area contributed by atoms with Crippen LogP contribution in [-0.2, 0) is 23.9 Å². The minimum absolute atomic E-state index is 0.0759. The van der Waals surface area contributed by atoms with Gasteiger partial charge in [0.1, 0.15) is 12.2 Å². The van der Waals surface area contributed by atoms with E-state index in [-0.39, 0.29) is 106 Å². The fraction of sp³-hybridized carbons (Fsp3) is 0.958. The summed E-state index contributed by atoms with van der Waals surface area (Å²) in [5.41, 5.74) is 0.245. The Morgan fingerprint density at radius 1 is 0.427 bits per heavy atom. The topological polar surface area (TPSA) is 171 Å². The van der Waals surface area contributed by atoms with E-state index in [2.05, 4.69) is 62.3 Å². The lowest BCUT2D eigenvalue weighted by molar-refractivity contribution is -0.219. The number of esters is 2.